The molecule has 3 unspecified atom stereocenters. The molecule has 0 radical (unpaired) electrons. The summed E-state index contributed by atoms with van der Waals surface area (Å²) in [5.74, 6) is 0.689. The van der Waals surface area contributed by atoms with Crippen molar-refractivity contribution >= 4 is 11.3 Å². The molecule has 0 aliphatic carbocycles. The van der Waals surface area contributed by atoms with Gasteiger partial charge in [0.15, 0.2) is 0 Å². The maximum atomic E-state index is 6.00. The van der Waals surface area contributed by atoms with Gasteiger partial charge in [-0.1, -0.05) is 13.0 Å². The van der Waals surface area contributed by atoms with Gasteiger partial charge in [-0.15, -0.1) is 11.3 Å². The van der Waals surface area contributed by atoms with Crippen LogP contribution in [-0.2, 0) is 0 Å². The van der Waals surface area contributed by atoms with Gasteiger partial charge in [0.25, 0.3) is 0 Å². The standard InChI is InChI=1S/C13H22N2S/c1-3-12(13-5-4-8-16-13)15-7-6-11(9-15)10(2)14/h4-5,8,10-12H,3,6-7,9,14H2,1-2H3. The monoisotopic (exact) mass is 238 g/mol. The largest absolute Gasteiger partial charge is 0.328 e. The minimum Gasteiger partial charge on any atom is -0.328 e. The van der Waals surface area contributed by atoms with Crippen molar-refractivity contribution in [2.75, 3.05) is 13.1 Å². The lowest BCUT2D eigenvalue weighted by Gasteiger charge is -2.26. The molecule has 1 saturated heterocycles. The first-order chi connectivity index (χ1) is 7.72. The Bertz CT molecular complexity index is 308. The average Bonchev–Trinajstić information content (AvgIpc) is 2.88. The average molecular weight is 238 g/mol. The van der Waals surface area contributed by atoms with E-state index in [1.165, 1.54) is 30.8 Å². The molecule has 1 aromatic heterocycles. The van der Waals surface area contributed by atoms with Crippen LogP contribution in [0.4, 0.5) is 0 Å². The van der Waals surface area contributed by atoms with Gasteiger partial charge in [-0.3, -0.25) is 4.90 Å². The summed E-state index contributed by atoms with van der Waals surface area (Å²) >= 11 is 1.88. The van der Waals surface area contributed by atoms with E-state index in [0.29, 0.717) is 18.0 Å². The van der Waals surface area contributed by atoms with Gasteiger partial charge in [-0.2, -0.15) is 0 Å². The zero-order valence-electron chi connectivity index (χ0n) is 10.2. The number of likely N-dealkylation sites (tertiary alicyclic amines) is 1. The quantitative estimate of drug-likeness (QED) is 0.874. The minimum absolute atomic E-state index is 0.339. The number of nitrogens with two attached hydrogens (primary N) is 1. The molecule has 0 bridgehead atoms. The van der Waals surface area contributed by atoms with Crippen LogP contribution < -0.4 is 5.73 Å². The van der Waals surface area contributed by atoms with Crippen molar-refractivity contribution in [2.45, 2.75) is 38.8 Å². The summed E-state index contributed by atoms with van der Waals surface area (Å²) in [7, 11) is 0. The fourth-order valence-electron chi connectivity index (χ4n) is 2.65. The predicted octanol–water partition coefficient (Wildman–Crippen LogP) is 2.87. The molecule has 1 fully saturated rings. The van der Waals surface area contributed by atoms with Gasteiger partial charge in [-0.25, -0.2) is 0 Å². The van der Waals surface area contributed by atoms with E-state index in [1.54, 1.807) is 0 Å². The van der Waals surface area contributed by atoms with Crippen LogP contribution in [0.25, 0.3) is 0 Å². The molecule has 0 saturated carbocycles. The number of rotatable bonds is 4. The maximum Gasteiger partial charge on any atom is 0.0439 e. The van der Waals surface area contributed by atoms with Gasteiger partial charge in [0.05, 0.1) is 0 Å². The van der Waals surface area contributed by atoms with E-state index in [4.69, 9.17) is 5.73 Å². The Balaban J connectivity index is 2.02. The molecule has 90 valence electrons. The molecule has 1 aliphatic heterocycles. The second-order valence-electron chi connectivity index (χ2n) is 4.84. The van der Waals surface area contributed by atoms with Crippen LogP contribution in [0.2, 0.25) is 0 Å². The molecule has 0 aromatic carbocycles. The highest BCUT2D eigenvalue weighted by Gasteiger charge is 2.30. The summed E-state index contributed by atoms with van der Waals surface area (Å²) in [5.41, 5.74) is 6.00. The van der Waals surface area contributed by atoms with E-state index >= 15 is 0 Å². The van der Waals surface area contributed by atoms with E-state index < -0.39 is 0 Å². The summed E-state index contributed by atoms with van der Waals surface area (Å²) in [6, 6.07) is 5.37. The van der Waals surface area contributed by atoms with Gasteiger partial charge >= 0.3 is 0 Å². The maximum absolute atomic E-state index is 6.00. The Morgan fingerprint density at radius 1 is 1.62 bits per heavy atom. The molecule has 0 spiro atoms. The topological polar surface area (TPSA) is 29.3 Å². The van der Waals surface area contributed by atoms with Gasteiger partial charge in [0, 0.05) is 23.5 Å². The van der Waals surface area contributed by atoms with E-state index in [-0.39, 0.29) is 0 Å². The van der Waals surface area contributed by atoms with Gasteiger partial charge in [-0.05, 0) is 43.7 Å². The summed E-state index contributed by atoms with van der Waals surface area (Å²) in [4.78, 5) is 4.12. The number of thiophene rings is 1. The van der Waals surface area contributed by atoms with Gasteiger partial charge in [0.1, 0.15) is 0 Å². The molecular weight excluding hydrogens is 216 g/mol. The molecule has 0 amide bonds. The Morgan fingerprint density at radius 3 is 2.94 bits per heavy atom. The zero-order chi connectivity index (χ0) is 11.5. The molecule has 2 rings (SSSR count). The molecule has 16 heavy (non-hydrogen) atoms. The van der Waals surface area contributed by atoms with Crippen LogP contribution in [0.3, 0.4) is 0 Å². The van der Waals surface area contributed by atoms with Crippen molar-refractivity contribution in [3.63, 3.8) is 0 Å². The molecule has 3 atom stereocenters. The first-order valence-electron chi connectivity index (χ1n) is 6.25. The Morgan fingerprint density at radius 2 is 2.44 bits per heavy atom. The third-order valence-corrected chi connectivity index (χ3v) is 4.67. The van der Waals surface area contributed by atoms with Crippen LogP contribution in [0.15, 0.2) is 17.5 Å². The van der Waals surface area contributed by atoms with Crippen molar-refractivity contribution in [3.05, 3.63) is 22.4 Å². The smallest absolute Gasteiger partial charge is 0.0439 e. The second kappa shape index (κ2) is 5.30. The first kappa shape index (κ1) is 12.1. The van der Waals surface area contributed by atoms with Crippen molar-refractivity contribution in [1.29, 1.82) is 0 Å². The molecular formula is C13H22N2S. The zero-order valence-corrected chi connectivity index (χ0v) is 11.0. The summed E-state index contributed by atoms with van der Waals surface area (Å²) in [5, 5.41) is 2.18. The summed E-state index contributed by atoms with van der Waals surface area (Å²) < 4.78 is 0. The number of nitrogens with zero attached hydrogens (tertiary/aromatic N) is 1. The van der Waals surface area contributed by atoms with Crippen molar-refractivity contribution < 1.29 is 0 Å². The predicted molar refractivity (Wildman–Crippen MR) is 70.7 cm³/mol. The lowest BCUT2D eigenvalue weighted by atomic mass is 10.0. The molecule has 2 nitrogen and oxygen atoms in total. The lowest BCUT2D eigenvalue weighted by molar-refractivity contribution is 0.230. The second-order valence-corrected chi connectivity index (χ2v) is 5.82. The number of hydrogen-bond donors (Lipinski definition) is 1. The van der Waals surface area contributed by atoms with E-state index in [1.807, 2.05) is 11.3 Å². The van der Waals surface area contributed by atoms with E-state index in [9.17, 15) is 0 Å². The highest BCUT2D eigenvalue weighted by Crippen LogP contribution is 2.32. The highest BCUT2D eigenvalue weighted by atomic mass is 32.1. The minimum atomic E-state index is 0.339. The van der Waals surface area contributed by atoms with Crippen molar-refractivity contribution in [1.82, 2.24) is 4.90 Å². The third kappa shape index (κ3) is 2.47. The lowest BCUT2D eigenvalue weighted by Crippen LogP contribution is -2.31. The van der Waals surface area contributed by atoms with Crippen LogP contribution in [-0.4, -0.2) is 24.0 Å². The molecule has 1 aliphatic rings. The van der Waals surface area contributed by atoms with Gasteiger partial charge < -0.3 is 5.73 Å². The highest BCUT2D eigenvalue weighted by molar-refractivity contribution is 7.10. The van der Waals surface area contributed by atoms with E-state index in [0.717, 1.165) is 0 Å². The molecule has 2 N–H and O–H groups in total. The SMILES string of the molecule is CCC(c1cccs1)N1CCC(C(C)N)C1. The summed E-state index contributed by atoms with van der Waals surface area (Å²) in [6.07, 6.45) is 2.46. The number of hydrogen-bond acceptors (Lipinski definition) is 3. The Kier molecular flexibility index (Phi) is 4.00. The first-order valence-corrected chi connectivity index (χ1v) is 7.13. The van der Waals surface area contributed by atoms with Crippen LogP contribution in [0.5, 0.6) is 0 Å². The molecule has 1 aromatic rings. The van der Waals surface area contributed by atoms with Crippen LogP contribution in [0, 0.1) is 5.92 Å². The molecule has 3 heteroatoms. The van der Waals surface area contributed by atoms with Gasteiger partial charge in [0.2, 0.25) is 0 Å². The van der Waals surface area contributed by atoms with Crippen molar-refractivity contribution in [2.24, 2.45) is 11.7 Å². The summed E-state index contributed by atoms with van der Waals surface area (Å²) in [6.45, 7) is 6.81. The normalized spacial score (nSPS) is 25.8. The third-order valence-electron chi connectivity index (χ3n) is 3.70. The fraction of sp³-hybridized carbons (Fsp3) is 0.692. The van der Waals surface area contributed by atoms with Crippen molar-refractivity contribution in [3.8, 4) is 0 Å². The Labute approximate surface area is 102 Å². The van der Waals surface area contributed by atoms with E-state index in [2.05, 4.69) is 36.3 Å². The fourth-order valence-corrected chi connectivity index (χ4v) is 3.59. The Hall–Kier alpha value is -0.380. The van der Waals surface area contributed by atoms with Crippen LogP contribution in [0.1, 0.15) is 37.6 Å². The van der Waals surface area contributed by atoms with Crippen LogP contribution >= 0.6 is 11.3 Å². The molecule has 2 heterocycles.